The average Bonchev–Trinajstić information content (AvgIpc) is 2.87. The van der Waals surface area contributed by atoms with Crippen molar-refractivity contribution >= 4 is 10.0 Å². The van der Waals surface area contributed by atoms with Gasteiger partial charge in [-0.2, -0.15) is 0 Å². The van der Waals surface area contributed by atoms with Crippen molar-refractivity contribution in [2.24, 2.45) is 17.6 Å². The van der Waals surface area contributed by atoms with E-state index in [1.165, 1.54) is 4.31 Å². The Labute approximate surface area is 86.5 Å². The molecule has 0 aromatic rings. The summed E-state index contributed by atoms with van der Waals surface area (Å²) in [7, 11) is -1.38. The Hall–Kier alpha value is -0.130. The van der Waals surface area contributed by atoms with Crippen molar-refractivity contribution in [3.05, 3.63) is 0 Å². The van der Waals surface area contributed by atoms with Crippen LogP contribution >= 0.6 is 0 Å². The number of nitrogens with two attached hydrogens (primary N) is 1. The standard InChI is InChI=1S/C9H20N2O2S/c1-8(5-10)6-11(2)14(12,13)7-9-3-4-9/h8-9H,3-7,10H2,1-2H3. The maximum atomic E-state index is 11.7. The quantitative estimate of drug-likeness (QED) is 0.698. The Morgan fingerprint density at radius 1 is 1.50 bits per heavy atom. The zero-order valence-electron chi connectivity index (χ0n) is 8.94. The molecule has 14 heavy (non-hydrogen) atoms. The zero-order chi connectivity index (χ0) is 10.8. The van der Waals surface area contributed by atoms with Crippen molar-refractivity contribution in [2.75, 3.05) is 25.9 Å². The van der Waals surface area contributed by atoms with Gasteiger partial charge in [-0.25, -0.2) is 12.7 Å². The Kier molecular flexibility index (Phi) is 3.92. The fourth-order valence-electron chi connectivity index (χ4n) is 1.34. The fourth-order valence-corrected chi connectivity index (χ4v) is 3.00. The largest absolute Gasteiger partial charge is 0.330 e. The SMILES string of the molecule is CC(CN)CN(C)S(=O)(=O)CC1CC1. The van der Waals surface area contributed by atoms with Gasteiger partial charge in [0.15, 0.2) is 0 Å². The van der Waals surface area contributed by atoms with Crippen LogP contribution in [-0.4, -0.2) is 38.6 Å². The zero-order valence-corrected chi connectivity index (χ0v) is 9.76. The topological polar surface area (TPSA) is 63.4 Å². The van der Waals surface area contributed by atoms with Gasteiger partial charge in [-0.05, 0) is 31.2 Å². The molecule has 2 N–H and O–H groups in total. The van der Waals surface area contributed by atoms with Crippen LogP contribution in [0.1, 0.15) is 19.8 Å². The van der Waals surface area contributed by atoms with E-state index < -0.39 is 10.0 Å². The lowest BCUT2D eigenvalue weighted by Crippen LogP contribution is -2.35. The van der Waals surface area contributed by atoms with Crippen LogP contribution in [0, 0.1) is 11.8 Å². The normalized spacial score (nSPS) is 20.0. The molecule has 1 saturated carbocycles. The van der Waals surface area contributed by atoms with E-state index in [1.807, 2.05) is 6.92 Å². The van der Waals surface area contributed by atoms with Gasteiger partial charge < -0.3 is 5.73 Å². The molecule has 1 fully saturated rings. The predicted octanol–water partition coefficient (Wildman–Crippen LogP) is 0.253. The van der Waals surface area contributed by atoms with Crippen molar-refractivity contribution in [2.45, 2.75) is 19.8 Å². The van der Waals surface area contributed by atoms with E-state index in [9.17, 15) is 8.42 Å². The minimum atomic E-state index is -3.02. The minimum absolute atomic E-state index is 0.231. The molecule has 0 amide bonds. The smallest absolute Gasteiger partial charge is 0.214 e. The first-order valence-corrected chi connectivity index (χ1v) is 6.70. The molecule has 0 heterocycles. The lowest BCUT2D eigenvalue weighted by Gasteiger charge is -2.20. The summed E-state index contributed by atoms with van der Waals surface area (Å²) in [5, 5.41) is 0. The Morgan fingerprint density at radius 3 is 2.50 bits per heavy atom. The van der Waals surface area contributed by atoms with Gasteiger partial charge in [-0.3, -0.25) is 0 Å². The van der Waals surface area contributed by atoms with Crippen LogP contribution in [0.2, 0.25) is 0 Å². The Bertz CT molecular complexity index is 273. The molecule has 1 aliphatic carbocycles. The number of hydrogen-bond acceptors (Lipinski definition) is 3. The van der Waals surface area contributed by atoms with E-state index >= 15 is 0 Å². The molecule has 0 spiro atoms. The highest BCUT2D eigenvalue weighted by Crippen LogP contribution is 2.30. The second-order valence-electron chi connectivity index (χ2n) is 4.34. The molecule has 0 aromatic carbocycles. The third-order valence-electron chi connectivity index (χ3n) is 2.59. The van der Waals surface area contributed by atoms with Gasteiger partial charge in [-0.15, -0.1) is 0 Å². The average molecular weight is 220 g/mol. The molecule has 0 aliphatic heterocycles. The maximum absolute atomic E-state index is 11.7. The highest BCUT2D eigenvalue weighted by atomic mass is 32.2. The van der Waals surface area contributed by atoms with Crippen LogP contribution in [0.25, 0.3) is 0 Å². The van der Waals surface area contributed by atoms with Gasteiger partial charge in [0.25, 0.3) is 0 Å². The molecular weight excluding hydrogens is 200 g/mol. The molecule has 1 rings (SSSR count). The van der Waals surface area contributed by atoms with Crippen LogP contribution in [0.3, 0.4) is 0 Å². The highest BCUT2D eigenvalue weighted by Gasteiger charge is 2.30. The lowest BCUT2D eigenvalue weighted by molar-refractivity contribution is 0.404. The summed E-state index contributed by atoms with van der Waals surface area (Å²) >= 11 is 0. The Morgan fingerprint density at radius 2 is 2.07 bits per heavy atom. The van der Waals surface area contributed by atoms with Crippen molar-refractivity contribution in [3.63, 3.8) is 0 Å². The fraction of sp³-hybridized carbons (Fsp3) is 1.00. The molecule has 84 valence electrons. The van der Waals surface area contributed by atoms with Crippen molar-refractivity contribution in [1.82, 2.24) is 4.31 Å². The van der Waals surface area contributed by atoms with E-state index in [0.717, 1.165) is 12.8 Å². The van der Waals surface area contributed by atoms with E-state index in [0.29, 0.717) is 24.8 Å². The summed E-state index contributed by atoms with van der Waals surface area (Å²) in [5.41, 5.74) is 5.46. The molecule has 1 unspecified atom stereocenters. The van der Waals surface area contributed by atoms with Crippen molar-refractivity contribution < 1.29 is 8.42 Å². The van der Waals surface area contributed by atoms with Crippen LogP contribution < -0.4 is 5.73 Å². The lowest BCUT2D eigenvalue weighted by atomic mass is 10.2. The second-order valence-corrected chi connectivity index (χ2v) is 6.46. The molecule has 0 radical (unpaired) electrons. The maximum Gasteiger partial charge on any atom is 0.214 e. The third kappa shape index (κ3) is 3.55. The first-order valence-electron chi connectivity index (χ1n) is 5.09. The third-order valence-corrected chi connectivity index (χ3v) is 4.58. The summed E-state index contributed by atoms with van der Waals surface area (Å²) in [6.07, 6.45) is 2.14. The van der Waals surface area contributed by atoms with E-state index in [-0.39, 0.29) is 5.92 Å². The van der Waals surface area contributed by atoms with Crippen LogP contribution in [0.4, 0.5) is 0 Å². The van der Waals surface area contributed by atoms with Gasteiger partial charge in [0.2, 0.25) is 10.0 Å². The number of sulfonamides is 1. The molecule has 0 bridgehead atoms. The van der Waals surface area contributed by atoms with Crippen LogP contribution in [0.5, 0.6) is 0 Å². The summed E-state index contributed by atoms with van der Waals surface area (Å²) in [6.45, 7) is 3.03. The van der Waals surface area contributed by atoms with E-state index in [2.05, 4.69) is 0 Å². The second kappa shape index (κ2) is 4.59. The minimum Gasteiger partial charge on any atom is -0.330 e. The molecule has 0 aromatic heterocycles. The monoisotopic (exact) mass is 220 g/mol. The molecule has 1 atom stereocenters. The number of nitrogens with zero attached hydrogens (tertiary/aromatic N) is 1. The van der Waals surface area contributed by atoms with E-state index in [4.69, 9.17) is 5.73 Å². The molecule has 5 heteroatoms. The van der Waals surface area contributed by atoms with Crippen molar-refractivity contribution in [3.8, 4) is 0 Å². The highest BCUT2D eigenvalue weighted by molar-refractivity contribution is 7.89. The van der Waals surface area contributed by atoms with Crippen LogP contribution in [-0.2, 0) is 10.0 Å². The van der Waals surface area contributed by atoms with Gasteiger partial charge in [0.05, 0.1) is 5.75 Å². The predicted molar refractivity (Wildman–Crippen MR) is 57.4 cm³/mol. The molecule has 4 nitrogen and oxygen atoms in total. The van der Waals surface area contributed by atoms with Gasteiger partial charge in [0, 0.05) is 13.6 Å². The van der Waals surface area contributed by atoms with Gasteiger partial charge in [-0.1, -0.05) is 6.92 Å². The number of hydrogen-bond donors (Lipinski definition) is 1. The molecule has 0 saturated heterocycles. The first kappa shape index (κ1) is 11.9. The first-order chi connectivity index (χ1) is 6.45. The van der Waals surface area contributed by atoms with E-state index in [1.54, 1.807) is 7.05 Å². The summed E-state index contributed by atoms with van der Waals surface area (Å²) < 4.78 is 24.9. The summed E-state index contributed by atoms with van der Waals surface area (Å²) in [5.74, 6) is 0.963. The molecule has 1 aliphatic rings. The molecular formula is C9H20N2O2S. The summed E-state index contributed by atoms with van der Waals surface area (Å²) in [6, 6.07) is 0. The summed E-state index contributed by atoms with van der Waals surface area (Å²) in [4.78, 5) is 0. The van der Waals surface area contributed by atoms with Crippen LogP contribution in [0.15, 0.2) is 0 Å². The Balaban J connectivity index is 2.44. The van der Waals surface area contributed by atoms with Gasteiger partial charge in [0.1, 0.15) is 0 Å². The van der Waals surface area contributed by atoms with Gasteiger partial charge >= 0.3 is 0 Å². The number of rotatable bonds is 6. The van der Waals surface area contributed by atoms with Crippen molar-refractivity contribution in [1.29, 1.82) is 0 Å².